The minimum atomic E-state index is -0.741. The van der Waals surface area contributed by atoms with Crippen LogP contribution in [0.25, 0.3) is 0 Å². The third-order valence-corrected chi connectivity index (χ3v) is 3.19. The molecule has 0 heterocycles. The van der Waals surface area contributed by atoms with E-state index in [1.165, 1.54) is 16.7 Å². The lowest BCUT2D eigenvalue weighted by molar-refractivity contribution is -0.137. The van der Waals surface area contributed by atoms with E-state index < -0.39 is 5.97 Å². The normalized spacial score (nSPS) is 11.2. The maximum absolute atomic E-state index is 10.5. The van der Waals surface area contributed by atoms with Gasteiger partial charge in [0.2, 0.25) is 0 Å². The maximum atomic E-state index is 10.5. The van der Waals surface area contributed by atoms with Crippen molar-refractivity contribution >= 4 is 5.97 Å². The van der Waals surface area contributed by atoms with Gasteiger partial charge in [-0.25, -0.2) is 0 Å². The van der Waals surface area contributed by atoms with Gasteiger partial charge in [-0.1, -0.05) is 32.0 Å². The van der Waals surface area contributed by atoms with Crippen molar-refractivity contribution in [1.82, 2.24) is 4.90 Å². The molecule has 0 radical (unpaired) electrons. The number of nitrogens with zero attached hydrogens (tertiary/aromatic N) is 1. The zero-order chi connectivity index (χ0) is 13.7. The van der Waals surface area contributed by atoms with Crippen LogP contribution in [0.15, 0.2) is 18.2 Å². The van der Waals surface area contributed by atoms with E-state index in [9.17, 15) is 4.79 Å². The zero-order valence-corrected chi connectivity index (χ0v) is 11.7. The highest BCUT2D eigenvalue weighted by Gasteiger charge is 2.07. The summed E-state index contributed by atoms with van der Waals surface area (Å²) in [5.41, 5.74) is 3.89. The highest BCUT2D eigenvalue weighted by molar-refractivity contribution is 5.66. The molecule has 3 heteroatoms. The number of aliphatic carboxylic acids is 1. The number of carbonyl (C=O) groups is 1. The van der Waals surface area contributed by atoms with Crippen molar-refractivity contribution in [3.8, 4) is 0 Å². The standard InChI is InChI=1S/C15H23NO2/c1-11(2)13-6-5-12(3)14(9-13)10-16(4)8-7-15(17)18/h5-6,9,11H,7-8,10H2,1-4H3,(H,17,18). The fourth-order valence-corrected chi connectivity index (χ4v) is 1.88. The van der Waals surface area contributed by atoms with Crippen molar-refractivity contribution in [1.29, 1.82) is 0 Å². The summed E-state index contributed by atoms with van der Waals surface area (Å²) in [5.74, 6) is -0.219. The van der Waals surface area contributed by atoms with E-state index in [2.05, 4.69) is 43.9 Å². The minimum Gasteiger partial charge on any atom is -0.481 e. The van der Waals surface area contributed by atoms with E-state index >= 15 is 0 Å². The second-order valence-corrected chi connectivity index (χ2v) is 5.22. The number of rotatable bonds is 6. The second-order valence-electron chi connectivity index (χ2n) is 5.22. The first kappa shape index (κ1) is 14.7. The summed E-state index contributed by atoms with van der Waals surface area (Å²) < 4.78 is 0. The van der Waals surface area contributed by atoms with Gasteiger partial charge in [0.1, 0.15) is 0 Å². The van der Waals surface area contributed by atoms with Crippen LogP contribution >= 0.6 is 0 Å². The topological polar surface area (TPSA) is 40.5 Å². The van der Waals surface area contributed by atoms with Crippen molar-refractivity contribution in [2.45, 2.75) is 39.7 Å². The number of benzene rings is 1. The molecular formula is C15H23NO2. The van der Waals surface area contributed by atoms with E-state index in [0.717, 1.165) is 6.54 Å². The number of aryl methyl sites for hydroxylation is 1. The molecule has 1 aromatic rings. The monoisotopic (exact) mass is 249 g/mol. The molecule has 0 saturated carbocycles. The van der Waals surface area contributed by atoms with E-state index in [4.69, 9.17) is 5.11 Å². The molecule has 1 rings (SSSR count). The van der Waals surface area contributed by atoms with E-state index in [-0.39, 0.29) is 6.42 Å². The Balaban J connectivity index is 2.70. The van der Waals surface area contributed by atoms with Crippen molar-refractivity contribution in [2.24, 2.45) is 0 Å². The molecule has 3 nitrogen and oxygen atoms in total. The predicted molar refractivity (Wildman–Crippen MR) is 73.9 cm³/mol. The quantitative estimate of drug-likeness (QED) is 0.842. The molecule has 1 N–H and O–H groups in total. The molecule has 1 aromatic carbocycles. The summed E-state index contributed by atoms with van der Waals surface area (Å²) in [6, 6.07) is 6.55. The third-order valence-electron chi connectivity index (χ3n) is 3.19. The molecule has 0 unspecified atom stereocenters. The van der Waals surface area contributed by atoms with Gasteiger partial charge in [-0.2, -0.15) is 0 Å². The van der Waals surface area contributed by atoms with Crippen LogP contribution in [-0.2, 0) is 11.3 Å². The Morgan fingerprint density at radius 1 is 1.39 bits per heavy atom. The van der Waals surface area contributed by atoms with Gasteiger partial charge in [0.25, 0.3) is 0 Å². The summed E-state index contributed by atoms with van der Waals surface area (Å²) in [4.78, 5) is 12.6. The van der Waals surface area contributed by atoms with E-state index in [0.29, 0.717) is 12.5 Å². The Morgan fingerprint density at radius 2 is 2.06 bits per heavy atom. The smallest absolute Gasteiger partial charge is 0.304 e. The zero-order valence-electron chi connectivity index (χ0n) is 11.7. The molecule has 0 atom stereocenters. The molecule has 18 heavy (non-hydrogen) atoms. The lowest BCUT2D eigenvalue weighted by atomic mass is 9.97. The van der Waals surface area contributed by atoms with Crippen LogP contribution in [0, 0.1) is 6.92 Å². The van der Waals surface area contributed by atoms with Gasteiger partial charge in [0.15, 0.2) is 0 Å². The number of carboxylic acid groups (broad SMARTS) is 1. The van der Waals surface area contributed by atoms with Crippen LogP contribution in [0.1, 0.15) is 42.9 Å². The number of carboxylic acids is 1. The molecule has 0 spiro atoms. The van der Waals surface area contributed by atoms with Gasteiger partial charge >= 0.3 is 5.97 Å². The third kappa shape index (κ3) is 4.49. The maximum Gasteiger partial charge on any atom is 0.304 e. The molecule has 100 valence electrons. The largest absolute Gasteiger partial charge is 0.481 e. The molecule has 0 saturated heterocycles. The average molecular weight is 249 g/mol. The van der Waals surface area contributed by atoms with Crippen LogP contribution in [0.5, 0.6) is 0 Å². The van der Waals surface area contributed by atoms with Gasteiger partial charge in [-0.05, 0) is 36.6 Å². The minimum absolute atomic E-state index is 0.194. The van der Waals surface area contributed by atoms with Crippen LogP contribution in [0.3, 0.4) is 0 Å². The van der Waals surface area contributed by atoms with Crippen LogP contribution in [0.2, 0.25) is 0 Å². The summed E-state index contributed by atoms with van der Waals surface area (Å²) in [5, 5.41) is 8.67. The highest BCUT2D eigenvalue weighted by atomic mass is 16.4. The van der Waals surface area contributed by atoms with Gasteiger partial charge in [-0.15, -0.1) is 0 Å². The molecule has 0 bridgehead atoms. The van der Waals surface area contributed by atoms with Gasteiger partial charge in [0.05, 0.1) is 6.42 Å². The first-order valence-corrected chi connectivity index (χ1v) is 6.40. The lowest BCUT2D eigenvalue weighted by Crippen LogP contribution is -2.21. The number of hydrogen-bond donors (Lipinski definition) is 1. The molecule has 0 aliphatic rings. The lowest BCUT2D eigenvalue weighted by Gasteiger charge is -2.18. The van der Waals surface area contributed by atoms with Crippen molar-refractivity contribution in [3.63, 3.8) is 0 Å². The summed E-state index contributed by atoms with van der Waals surface area (Å²) >= 11 is 0. The Morgan fingerprint density at radius 3 is 2.61 bits per heavy atom. The molecule has 0 amide bonds. The Kier molecular flexibility index (Phi) is 5.35. The molecule has 0 fully saturated rings. The molecule has 0 aromatic heterocycles. The van der Waals surface area contributed by atoms with Crippen molar-refractivity contribution < 1.29 is 9.90 Å². The summed E-state index contributed by atoms with van der Waals surface area (Å²) in [7, 11) is 1.96. The van der Waals surface area contributed by atoms with E-state index in [1.54, 1.807) is 0 Å². The van der Waals surface area contributed by atoms with Gasteiger partial charge < -0.3 is 10.0 Å². The van der Waals surface area contributed by atoms with Gasteiger partial charge in [0, 0.05) is 13.1 Å². The Labute approximate surface area is 109 Å². The SMILES string of the molecule is Cc1ccc(C(C)C)cc1CN(C)CCC(=O)O. The second kappa shape index (κ2) is 6.55. The number of hydrogen-bond acceptors (Lipinski definition) is 2. The summed E-state index contributed by atoms with van der Waals surface area (Å²) in [6.07, 6.45) is 0.194. The Bertz CT molecular complexity index is 413. The first-order chi connectivity index (χ1) is 8.40. The first-order valence-electron chi connectivity index (χ1n) is 6.40. The van der Waals surface area contributed by atoms with E-state index in [1.807, 2.05) is 7.05 Å². The molecule has 0 aliphatic heterocycles. The average Bonchev–Trinajstić information content (AvgIpc) is 2.29. The van der Waals surface area contributed by atoms with Crippen LogP contribution < -0.4 is 0 Å². The molecular weight excluding hydrogens is 226 g/mol. The summed E-state index contributed by atoms with van der Waals surface area (Å²) in [6.45, 7) is 7.86. The van der Waals surface area contributed by atoms with Crippen LogP contribution in [-0.4, -0.2) is 29.6 Å². The predicted octanol–water partition coefficient (Wildman–Crippen LogP) is 3.02. The Hall–Kier alpha value is -1.35. The van der Waals surface area contributed by atoms with Crippen molar-refractivity contribution in [3.05, 3.63) is 34.9 Å². The molecule has 0 aliphatic carbocycles. The van der Waals surface area contributed by atoms with Crippen LogP contribution in [0.4, 0.5) is 0 Å². The van der Waals surface area contributed by atoms with Crippen molar-refractivity contribution in [2.75, 3.05) is 13.6 Å². The highest BCUT2D eigenvalue weighted by Crippen LogP contribution is 2.19. The van der Waals surface area contributed by atoms with Gasteiger partial charge in [-0.3, -0.25) is 4.79 Å². The fourth-order valence-electron chi connectivity index (χ4n) is 1.88. The fraction of sp³-hybridized carbons (Fsp3) is 0.533.